The number of furan rings is 1. The van der Waals surface area contributed by atoms with E-state index in [1.807, 2.05) is 36.5 Å². The predicted molar refractivity (Wildman–Crippen MR) is 250 cm³/mol. The Morgan fingerprint density at radius 3 is 2.13 bits per heavy atom. The third-order valence-electron chi connectivity index (χ3n) is 10.7. The second-order valence-corrected chi connectivity index (χ2v) is 21.7. The van der Waals surface area contributed by atoms with Crippen LogP contribution in [0.2, 0.25) is 19.6 Å². The van der Waals surface area contributed by atoms with Crippen LogP contribution in [0.25, 0.3) is 72.4 Å². The first-order valence-electron chi connectivity index (χ1n) is 24.4. The number of aromatic nitrogens is 4. The van der Waals surface area contributed by atoms with Gasteiger partial charge in [-0.15, -0.1) is 53.1 Å². The van der Waals surface area contributed by atoms with Gasteiger partial charge in [-0.05, 0) is 81.7 Å². The van der Waals surface area contributed by atoms with E-state index in [4.69, 9.17) is 21.7 Å². The van der Waals surface area contributed by atoms with E-state index in [9.17, 15) is 0 Å². The van der Waals surface area contributed by atoms with E-state index in [0.717, 1.165) is 44.7 Å². The second kappa shape index (κ2) is 17.3. The van der Waals surface area contributed by atoms with Crippen molar-refractivity contribution in [1.29, 1.82) is 0 Å². The van der Waals surface area contributed by atoms with E-state index < -0.39 is 28.6 Å². The summed E-state index contributed by atoms with van der Waals surface area (Å²) in [6, 6.07) is 38.0. The molecular formula is C53H52IrN4OSi-2. The zero-order valence-corrected chi connectivity index (χ0v) is 38.1. The molecule has 0 saturated carbocycles. The van der Waals surface area contributed by atoms with Gasteiger partial charge < -0.3 is 14.0 Å². The summed E-state index contributed by atoms with van der Waals surface area (Å²) in [5.74, 6) is 0.788. The Morgan fingerprint density at radius 2 is 1.50 bits per heavy atom. The molecular weight excluding hydrogens is 929 g/mol. The van der Waals surface area contributed by atoms with Crippen molar-refractivity contribution in [3.8, 4) is 39.5 Å². The van der Waals surface area contributed by atoms with E-state index in [-0.39, 0.29) is 54.2 Å². The summed E-state index contributed by atoms with van der Waals surface area (Å²) in [5, 5.41) is 2.21. The van der Waals surface area contributed by atoms with Crippen LogP contribution in [0, 0.1) is 32.7 Å². The normalized spacial score (nSPS) is 14.5. The summed E-state index contributed by atoms with van der Waals surface area (Å²) < 4.78 is 79.4. The van der Waals surface area contributed by atoms with Gasteiger partial charge in [0.15, 0.2) is 0 Å². The maximum absolute atomic E-state index is 8.34. The number of hydrogen-bond donors (Lipinski definition) is 0. The van der Waals surface area contributed by atoms with Gasteiger partial charge in [-0.2, -0.15) is 0 Å². The van der Waals surface area contributed by atoms with Crippen LogP contribution < -0.4 is 5.19 Å². The number of hydrogen-bond acceptors (Lipinski definition) is 4. The number of pyridine rings is 2. The number of imidazole rings is 1. The fraction of sp³-hybridized carbons (Fsp3) is 0.226. The first-order chi connectivity index (χ1) is 31.9. The van der Waals surface area contributed by atoms with E-state index in [1.165, 1.54) is 29.5 Å². The molecule has 5 aromatic carbocycles. The van der Waals surface area contributed by atoms with Gasteiger partial charge in [0, 0.05) is 55.9 Å². The topological polar surface area (TPSA) is 56.7 Å². The molecule has 7 heteroatoms. The standard InChI is InChI=1S/C38H34N3O.C15H18NSi.Ir/c1-22(2)30-19-27(26-10-8-7-9-11-26)20-31(23(3)4)36(30)41-33-21-39-17-16-32(33)40-38(41)29-15-13-25(6)35-28-14-12-24(5)18-34(28)42-37(29)35;1-12-5-7-13(8-6-12)15-10-9-14(11-16-15)17(2,3)4;/h7-14,16-23H,1-6H3;5-7,9-11H,1-4H3;/q2*-1;/i5D3,6D3;1D3;. The molecule has 0 atom stereocenters. The van der Waals surface area contributed by atoms with Crippen molar-refractivity contribution in [3.05, 3.63) is 162 Å². The first-order valence-corrected chi connectivity index (χ1v) is 23.4. The SMILES string of the molecule is [2H]C([2H])([2H])c1c[c-]c(-c2ccc([Si](C)(C)C)cn2)cc1.[2H]C([2H])([2H])c1ccc2c(c1)oc1c(-c3nc4ccncc4n3-c3c(C(C)C)cc(-c4ccccc4)cc3C(C)C)[c-]cc(C([2H])([2H])[2H])c12.[Ir]. The van der Waals surface area contributed by atoms with Crippen LogP contribution in [0.1, 0.15) is 79.7 Å². The molecule has 4 heterocycles. The Balaban J connectivity index is 0.000000281. The molecule has 0 aliphatic rings. The molecule has 1 radical (unpaired) electrons. The Morgan fingerprint density at radius 1 is 0.750 bits per heavy atom. The van der Waals surface area contributed by atoms with E-state index in [2.05, 4.69) is 104 Å². The molecule has 0 bridgehead atoms. The summed E-state index contributed by atoms with van der Waals surface area (Å²) >= 11 is 0. The van der Waals surface area contributed by atoms with Gasteiger partial charge in [-0.25, -0.2) is 0 Å². The summed E-state index contributed by atoms with van der Waals surface area (Å²) in [5.41, 5.74) is 10.1. The Labute approximate surface area is 382 Å². The summed E-state index contributed by atoms with van der Waals surface area (Å²) in [7, 11) is -1.34. The summed E-state index contributed by atoms with van der Waals surface area (Å²) in [4.78, 5) is 14.1. The molecule has 305 valence electrons. The monoisotopic (exact) mass is 990 g/mol. The van der Waals surface area contributed by atoms with Crippen LogP contribution in [-0.4, -0.2) is 27.6 Å². The zero-order chi connectivity index (χ0) is 49.1. The average Bonchev–Trinajstić information content (AvgIpc) is 3.86. The van der Waals surface area contributed by atoms with E-state index in [1.54, 1.807) is 30.6 Å². The number of benzene rings is 5. The molecule has 4 aromatic heterocycles. The summed E-state index contributed by atoms with van der Waals surface area (Å²) in [6.45, 7) is 8.62. The van der Waals surface area contributed by atoms with Gasteiger partial charge in [0.2, 0.25) is 0 Å². The molecule has 0 amide bonds. The van der Waals surface area contributed by atoms with Crippen molar-refractivity contribution in [1.82, 2.24) is 19.5 Å². The molecule has 0 aliphatic carbocycles. The van der Waals surface area contributed by atoms with Crippen molar-refractivity contribution in [2.45, 2.75) is 79.7 Å². The number of aryl methyl sites for hydroxylation is 3. The molecule has 0 unspecified atom stereocenters. The van der Waals surface area contributed by atoms with Crippen LogP contribution in [0.4, 0.5) is 0 Å². The maximum Gasteiger partial charge on any atom is 0.121 e. The van der Waals surface area contributed by atoms with E-state index >= 15 is 0 Å². The third-order valence-corrected chi connectivity index (χ3v) is 12.7. The molecule has 0 N–H and O–H groups in total. The van der Waals surface area contributed by atoms with Gasteiger partial charge in [-0.3, -0.25) is 9.97 Å². The van der Waals surface area contributed by atoms with Crippen LogP contribution in [0.15, 0.2) is 126 Å². The second-order valence-electron chi connectivity index (χ2n) is 16.6. The fourth-order valence-electron chi connectivity index (χ4n) is 7.50. The minimum Gasteiger partial charge on any atom is -0.501 e. The van der Waals surface area contributed by atoms with Gasteiger partial charge in [-0.1, -0.05) is 127 Å². The average molecular weight is 990 g/mol. The van der Waals surface area contributed by atoms with Gasteiger partial charge in [0.1, 0.15) is 5.58 Å². The number of nitrogens with zero attached hydrogens (tertiary/aromatic N) is 4. The van der Waals surface area contributed by atoms with Crippen LogP contribution in [0.5, 0.6) is 0 Å². The van der Waals surface area contributed by atoms with E-state index in [0.29, 0.717) is 33.2 Å². The Bertz CT molecular complexity index is 3190. The largest absolute Gasteiger partial charge is 0.501 e. The summed E-state index contributed by atoms with van der Waals surface area (Å²) in [6.07, 6.45) is 5.41. The van der Waals surface area contributed by atoms with Gasteiger partial charge >= 0.3 is 0 Å². The minimum atomic E-state index is -2.47. The maximum atomic E-state index is 8.34. The van der Waals surface area contributed by atoms with Gasteiger partial charge in [0.25, 0.3) is 0 Å². The van der Waals surface area contributed by atoms with Crippen LogP contribution in [0.3, 0.4) is 0 Å². The molecule has 5 nitrogen and oxygen atoms in total. The van der Waals surface area contributed by atoms with Crippen molar-refractivity contribution < 1.29 is 36.9 Å². The van der Waals surface area contributed by atoms with Crippen LogP contribution >= 0.6 is 0 Å². The van der Waals surface area contributed by atoms with Crippen molar-refractivity contribution in [2.24, 2.45) is 0 Å². The molecule has 0 spiro atoms. The smallest absolute Gasteiger partial charge is 0.121 e. The minimum absolute atomic E-state index is 0. The third kappa shape index (κ3) is 8.32. The van der Waals surface area contributed by atoms with Crippen molar-refractivity contribution in [2.75, 3.05) is 0 Å². The van der Waals surface area contributed by atoms with Gasteiger partial charge in [0.05, 0.1) is 36.7 Å². The van der Waals surface area contributed by atoms with Crippen molar-refractivity contribution >= 4 is 46.2 Å². The molecule has 60 heavy (non-hydrogen) atoms. The molecule has 9 aromatic rings. The molecule has 9 rings (SSSR count). The first kappa shape index (κ1) is 32.3. The van der Waals surface area contributed by atoms with Crippen molar-refractivity contribution in [3.63, 3.8) is 0 Å². The molecule has 0 aliphatic heterocycles. The number of rotatable bonds is 7. The Kier molecular flexibility index (Phi) is 9.30. The number of fused-ring (bicyclic) bond motifs is 4. The zero-order valence-electron chi connectivity index (χ0n) is 43.7. The molecule has 0 fully saturated rings. The Hall–Kier alpha value is -5.46. The van der Waals surface area contributed by atoms with Crippen LogP contribution in [-0.2, 0) is 20.1 Å². The quantitative estimate of drug-likeness (QED) is 0.118. The molecule has 0 saturated heterocycles. The predicted octanol–water partition coefficient (Wildman–Crippen LogP) is 13.7. The fourth-order valence-corrected chi connectivity index (χ4v) is 8.54.